The van der Waals surface area contributed by atoms with Gasteiger partial charge in [-0.25, -0.2) is 4.98 Å². The van der Waals surface area contributed by atoms with Gasteiger partial charge < -0.3 is 31.1 Å². The number of aromatic nitrogens is 1. The number of thiazole rings is 1. The van der Waals surface area contributed by atoms with Gasteiger partial charge in [-0.15, -0.1) is 11.3 Å². The van der Waals surface area contributed by atoms with E-state index in [0.717, 1.165) is 24.9 Å². The van der Waals surface area contributed by atoms with Gasteiger partial charge in [0.25, 0.3) is 5.91 Å². The molecule has 1 aliphatic heterocycles. The third-order valence-corrected chi connectivity index (χ3v) is 11.7. The molecule has 53 heavy (non-hydrogen) atoms. The van der Waals surface area contributed by atoms with E-state index in [1.54, 1.807) is 36.4 Å². The number of esters is 1. The molecule has 1 aliphatic rings. The van der Waals surface area contributed by atoms with Gasteiger partial charge in [-0.2, -0.15) is 0 Å². The zero-order valence-corrected chi connectivity index (χ0v) is 33.6. The fraction of sp³-hybridized carbons (Fsp3) is 0.641. The highest BCUT2D eigenvalue weighted by Gasteiger charge is 2.42. The number of likely N-dealkylation sites (N-methyl/N-ethyl adjacent to an activating group) is 2. The molecule has 1 fully saturated rings. The summed E-state index contributed by atoms with van der Waals surface area (Å²) in [6.07, 6.45) is 3.31. The van der Waals surface area contributed by atoms with Crippen LogP contribution in [-0.2, 0) is 30.3 Å². The maximum Gasteiger partial charge on any atom is 0.306 e. The molecular weight excluding hydrogens is 697 g/mol. The fourth-order valence-electron chi connectivity index (χ4n) is 6.86. The van der Waals surface area contributed by atoms with Crippen LogP contribution in [0.25, 0.3) is 0 Å². The Balaban J connectivity index is 1.83. The van der Waals surface area contributed by atoms with E-state index < -0.39 is 53.5 Å². The number of nitrogens with zero attached hydrogens (tertiary/aromatic N) is 3. The Labute approximate surface area is 318 Å². The van der Waals surface area contributed by atoms with E-state index in [1.807, 2.05) is 53.8 Å². The van der Waals surface area contributed by atoms with Crippen molar-refractivity contribution >= 4 is 46.7 Å². The van der Waals surface area contributed by atoms with Crippen molar-refractivity contribution in [3.05, 3.63) is 45.9 Å². The second kappa shape index (κ2) is 19.3. The number of nitrogen functional groups attached to an aromatic ring is 1. The Morgan fingerprint density at radius 3 is 2.30 bits per heavy atom. The third kappa shape index (κ3) is 11.7. The largest absolute Gasteiger partial charge is 0.481 e. The van der Waals surface area contributed by atoms with Gasteiger partial charge in [-0.3, -0.25) is 28.9 Å². The van der Waals surface area contributed by atoms with Crippen molar-refractivity contribution in [2.45, 2.75) is 123 Å². The van der Waals surface area contributed by atoms with Crippen molar-refractivity contribution in [1.29, 1.82) is 0 Å². The number of ether oxygens (including phenoxy) is 1. The number of aliphatic carboxylic acids is 1. The number of hydrogen-bond donors (Lipinski definition) is 4. The molecule has 0 bridgehead atoms. The molecule has 0 aliphatic carbocycles. The van der Waals surface area contributed by atoms with E-state index in [0.29, 0.717) is 30.0 Å². The predicted molar refractivity (Wildman–Crippen MR) is 206 cm³/mol. The number of hydrogen-bond acceptors (Lipinski definition) is 10. The first-order valence-electron chi connectivity index (χ1n) is 18.7. The Hall–Kier alpha value is -4.04. The van der Waals surface area contributed by atoms with Crippen LogP contribution in [-0.4, -0.2) is 93.9 Å². The Kier molecular flexibility index (Phi) is 15.8. The molecule has 7 atom stereocenters. The molecule has 2 aromatic rings. The Morgan fingerprint density at radius 2 is 1.74 bits per heavy atom. The maximum absolute atomic E-state index is 14.3. The number of carboxylic acid groups (broad SMARTS) is 1. The van der Waals surface area contributed by atoms with E-state index in [-0.39, 0.29) is 42.2 Å². The lowest BCUT2D eigenvalue weighted by Crippen LogP contribution is -2.62. The standard InChI is InChI=1S/C39H60N6O7S/c1-10-24(4)33(43-38(51)39(7)17-11-12-18-44(39)8)36(48)45(9)31(23(2)3)21-32(52-26(6)46)35-42-30(22-53-35)34(47)41-29(19-25(5)37(49)50)20-27-13-15-28(40)16-14-27/h13-16,22-25,29,31-33H,10-12,17-21,40H2,1-9H3,(H,41,47)(H,43,51)(H,49,50)/t24-,25-,29+,31?,32+,33-,39-/m0/s1. The molecule has 294 valence electrons. The summed E-state index contributed by atoms with van der Waals surface area (Å²) >= 11 is 1.17. The smallest absolute Gasteiger partial charge is 0.306 e. The maximum atomic E-state index is 14.3. The van der Waals surface area contributed by atoms with Crippen LogP contribution >= 0.6 is 11.3 Å². The lowest BCUT2D eigenvalue weighted by molar-refractivity contribution is -0.149. The van der Waals surface area contributed by atoms with Crippen molar-refractivity contribution in [2.24, 2.45) is 17.8 Å². The molecule has 3 amide bonds. The number of rotatable bonds is 18. The van der Waals surface area contributed by atoms with Crippen LogP contribution in [0, 0.1) is 17.8 Å². The third-order valence-electron chi connectivity index (χ3n) is 10.8. The fourth-order valence-corrected chi connectivity index (χ4v) is 7.70. The SMILES string of the molecule is CC[C@H](C)[C@H](NC(=O)[C@]1(C)CCCCN1C)C(=O)N(C)C(C[C@@H](OC(C)=O)c1nc(C(=O)N[C@@H](Cc2ccc(N)cc2)C[C@H](C)C(=O)O)cs1)C(C)C. The number of nitrogens with two attached hydrogens (primary N) is 1. The molecular formula is C39H60N6O7S. The molecule has 0 saturated carbocycles. The zero-order valence-electron chi connectivity index (χ0n) is 32.8. The Morgan fingerprint density at radius 1 is 1.08 bits per heavy atom. The summed E-state index contributed by atoms with van der Waals surface area (Å²) in [5, 5.41) is 17.6. The Bertz CT molecular complexity index is 1570. The van der Waals surface area contributed by atoms with Crippen molar-refractivity contribution in [3.63, 3.8) is 0 Å². The van der Waals surface area contributed by atoms with Gasteiger partial charge in [0.2, 0.25) is 11.8 Å². The first-order valence-corrected chi connectivity index (χ1v) is 19.5. The van der Waals surface area contributed by atoms with Gasteiger partial charge >= 0.3 is 11.9 Å². The average molecular weight is 757 g/mol. The molecule has 1 aromatic heterocycles. The summed E-state index contributed by atoms with van der Waals surface area (Å²) in [6, 6.07) is 5.52. The molecule has 1 aromatic carbocycles. The van der Waals surface area contributed by atoms with Crippen molar-refractivity contribution in [1.82, 2.24) is 25.4 Å². The van der Waals surface area contributed by atoms with Crippen LogP contribution < -0.4 is 16.4 Å². The van der Waals surface area contributed by atoms with Gasteiger partial charge in [0.1, 0.15) is 16.7 Å². The number of benzene rings is 1. The number of amides is 3. The molecule has 0 spiro atoms. The zero-order chi connectivity index (χ0) is 39.6. The topological polar surface area (TPSA) is 184 Å². The van der Waals surface area contributed by atoms with Crippen molar-refractivity contribution in [2.75, 3.05) is 26.4 Å². The van der Waals surface area contributed by atoms with E-state index >= 15 is 0 Å². The molecule has 2 heterocycles. The highest BCUT2D eigenvalue weighted by atomic mass is 32.1. The summed E-state index contributed by atoms with van der Waals surface area (Å²) in [4.78, 5) is 73.9. The van der Waals surface area contributed by atoms with Crippen LogP contribution in [0.5, 0.6) is 0 Å². The molecule has 14 heteroatoms. The van der Waals surface area contributed by atoms with Gasteiger partial charge in [-0.05, 0) is 82.2 Å². The van der Waals surface area contributed by atoms with Crippen molar-refractivity contribution < 1.29 is 33.8 Å². The number of nitrogens with one attached hydrogen (secondary N) is 2. The normalized spacial score (nSPS) is 19.7. The molecule has 13 nitrogen and oxygen atoms in total. The van der Waals surface area contributed by atoms with Crippen LogP contribution in [0.4, 0.5) is 5.69 Å². The first kappa shape index (κ1) is 43.4. The molecule has 1 saturated heterocycles. The van der Waals surface area contributed by atoms with Crippen molar-refractivity contribution in [3.8, 4) is 0 Å². The van der Waals surface area contributed by atoms with E-state index in [9.17, 15) is 29.1 Å². The second-order valence-corrected chi connectivity index (χ2v) is 16.1. The minimum Gasteiger partial charge on any atom is -0.481 e. The average Bonchev–Trinajstić information content (AvgIpc) is 3.60. The summed E-state index contributed by atoms with van der Waals surface area (Å²) in [5.74, 6) is -3.27. The lowest BCUT2D eigenvalue weighted by Gasteiger charge is -2.43. The second-order valence-electron chi connectivity index (χ2n) is 15.2. The lowest BCUT2D eigenvalue weighted by atomic mass is 9.86. The minimum absolute atomic E-state index is 0.0645. The number of carbonyl (C=O) groups is 5. The van der Waals surface area contributed by atoms with E-state index in [2.05, 4.69) is 20.5 Å². The summed E-state index contributed by atoms with van der Waals surface area (Å²) in [5.41, 5.74) is 6.72. The number of piperidine rings is 1. The van der Waals surface area contributed by atoms with Gasteiger partial charge in [0.05, 0.1) is 11.5 Å². The molecule has 3 rings (SSSR count). The van der Waals surface area contributed by atoms with Crippen LogP contribution in [0.2, 0.25) is 0 Å². The highest BCUT2D eigenvalue weighted by Crippen LogP contribution is 2.32. The molecule has 0 radical (unpaired) electrons. The van der Waals surface area contributed by atoms with Crippen LogP contribution in [0.3, 0.4) is 0 Å². The van der Waals surface area contributed by atoms with Crippen LogP contribution in [0.15, 0.2) is 29.6 Å². The number of likely N-dealkylation sites (tertiary alicyclic amines) is 1. The molecule has 1 unspecified atom stereocenters. The van der Waals surface area contributed by atoms with Gasteiger partial charge in [0, 0.05) is 43.5 Å². The summed E-state index contributed by atoms with van der Waals surface area (Å²) in [6.45, 7) is 13.6. The number of carbonyl (C=O) groups excluding carboxylic acids is 4. The monoisotopic (exact) mass is 756 g/mol. The van der Waals surface area contributed by atoms with E-state index in [4.69, 9.17) is 10.5 Å². The first-order chi connectivity index (χ1) is 24.9. The summed E-state index contributed by atoms with van der Waals surface area (Å²) in [7, 11) is 3.66. The van der Waals surface area contributed by atoms with Gasteiger partial charge in [-0.1, -0.05) is 53.2 Å². The van der Waals surface area contributed by atoms with Gasteiger partial charge in [0.15, 0.2) is 6.10 Å². The quantitative estimate of drug-likeness (QED) is 0.118. The highest BCUT2D eigenvalue weighted by molar-refractivity contribution is 7.09. The number of anilines is 1. The molecule has 5 N–H and O–H groups in total. The minimum atomic E-state index is -0.964. The van der Waals surface area contributed by atoms with E-state index in [1.165, 1.54) is 18.3 Å². The summed E-state index contributed by atoms with van der Waals surface area (Å²) < 4.78 is 5.78. The number of carboxylic acids is 1. The van der Waals surface area contributed by atoms with Crippen LogP contribution in [0.1, 0.15) is 114 Å². The predicted octanol–water partition coefficient (Wildman–Crippen LogP) is 5.06.